The number of amides is 1. The summed E-state index contributed by atoms with van der Waals surface area (Å²) >= 11 is 3.31. The molecule has 1 aliphatic heterocycles. The van der Waals surface area contributed by atoms with Crippen LogP contribution in [0.4, 0.5) is 0 Å². The maximum atomic E-state index is 12.5. The van der Waals surface area contributed by atoms with Crippen LogP contribution in [0, 0.1) is 0 Å². The van der Waals surface area contributed by atoms with E-state index in [0.717, 1.165) is 23.7 Å². The Hall–Kier alpha value is -1.43. The molecule has 1 aliphatic rings. The lowest BCUT2D eigenvalue weighted by Gasteiger charge is -2.35. The number of halogens is 1. The molecule has 0 aliphatic carbocycles. The van der Waals surface area contributed by atoms with E-state index in [1.165, 1.54) is 7.11 Å². The van der Waals surface area contributed by atoms with Crippen molar-refractivity contribution in [3.8, 4) is 0 Å². The van der Waals surface area contributed by atoms with Crippen LogP contribution in [0.3, 0.4) is 0 Å². The zero-order chi connectivity index (χ0) is 14.5. The van der Waals surface area contributed by atoms with Crippen molar-refractivity contribution in [3.05, 3.63) is 28.5 Å². The average Bonchev–Trinajstić information content (AvgIpc) is 2.47. The lowest BCUT2D eigenvalue weighted by atomic mass is 9.98. The fraction of sp³-hybridized carbons (Fsp3) is 0.500. The summed E-state index contributed by atoms with van der Waals surface area (Å²) in [5, 5.41) is 0. The maximum Gasteiger partial charge on any atom is 0.307 e. The van der Waals surface area contributed by atoms with E-state index in [9.17, 15) is 9.59 Å². The summed E-state index contributed by atoms with van der Waals surface area (Å²) in [6.45, 7) is 0.674. The number of carbonyl (C=O) groups is 2. The summed E-state index contributed by atoms with van der Waals surface area (Å²) < 4.78 is 5.48. The Morgan fingerprint density at radius 3 is 2.95 bits per heavy atom. The number of hydrogen-bond donors (Lipinski definition) is 0. The molecule has 1 fully saturated rings. The number of nitrogens with zero attached hydrogens (tertiary/aromatic N) is 2. The van der Waals surface area contributed by atoms with Crippen LogP contribution in [0.5, 0.6) is 0 Å². The van der Waals surface area contributed by atoms with E-state index in [-0.39, 0.29) is 24.3 Å². The Labute approximate surface area is 126 Å². The first-order valence-electron chi connectivity index (χ1n) is 6.60. The van der Waals surface area contributed by atoms with Gasteiger partial charge in [0, 0.05) is 29.5 Å². The van der Waals surface area contributed by atoms with Crippen LogP contribution in [-0.4, -0.2) is 41.5 Å². The molecule has 5 nitrogen and oxygen atoms in total. The van der Waals surface area contributed by atoms with Gasteiger partial charge in [0.05, 0.1) is 19.1 Å². The van der Waals surface area contributed by atoms with Gasteiger partial charge in [-0.3, -0.25) is 14.6 Å². The number of likely N-dealkylation sites (tertiary alicyclic amines) is 1. The van der Waals surface area contributed by atoms with Crippen molar-refractivity contribution < 1.29 is 14.3 Å². The Morgan fingerprint density at radius 2 is 2.25 bits per heavy atom. The molecule has 1 aromatic rings. The lowest BCUT2D eigenvalue weighted by Crippen LogP contribution is -2.44. The Bertz CT molecular complexity index is 507. The van der Waals surface area contributed by atoms with Gasteiger partial charge in [-0.15, -0.1) is 0 Å². The summed E-state index contributed by atoms with van der Waals surface area (Å²) in [5.74, 6) is -0.352. The minimum Gasteiger partial charge on any atom is -0.469 e. The minimum absolute atomic E-state index is 0.0765. The second-order valence-electron chi connectivity index (χ2n) is 4.82. The standard InChI is InChI=1S/C14H17BrN2O3/c1-20-13(18)7-12-4-2-3-5-17(12)14(19)10-6-11(15)9-16-8-10/h6,8-9,12H,2-5,7H2,1H3. The summed E-state index contributed by atoms with van der Waals surface area (Å²) in [7, 11) is 1.37. The number of esters is 1. The number of carbonyl (C=O) groups excluding carboxylic acids is 2. The van der Waals surface area contributed by atoms with Crippen molar-refractivity contribution in [1.29, 1.82) is 0 Å². The zero-order valence-corrected chi connectivity index (χ0v) is 12.9. The largest absolute Gasteiger partial charge is 0.469 e. The molecule has 2 rings (SSSR count). The second kappa shape index (κ2) is 6.83. The van der Waals surface area contributed by atoms with Gasteiger partial charge in [0.2, 0.25) is 0 Å². The second-order valence-corrected chi connectivity index (χ2v) is 5.74. The molecular formula is C14H17BrN2O3. The van der Waals surface area contributed by atoms with Crippen LogP contribution < -0.4 is 0 Å². The first-order chi connectivity index (χ1) is 9.61. The van der Waals surface area contributed by atoms with Gasteiger partial charge in [-0.25, -0.2) is 0 Å². The fourth-order valence-corrected chi connectivity index (χ4v) is 2.82. The molecule has 0 N–H and O–H groups in total. The molecule has 1 amide bonds. The lowest BCUT2D eigenvalue weighted by molar-refractivity contribution is -0.142. The predicted molar refractivity (Wildman–Crippen MR) is 77.2 cm³/mol. The molecule has 0 saturated carbocycles. The minimum atomic E-state index is -0.276. The SMILES string of the molecule is COC(=O)CC1CCCCN1C(=O)c1cncc(Br)c1. The van der Waals surface area contributed by atoms with Gasteiger partial charge in [-0.2, -0.15) is 0 Å². The number of pyridine rings is 1. The van der Waals surface area contributed by atoms with Crippen LogP contribution >= 0.6 is 15.9 Å². The smallest absolute Gasteiger partial charge is 0.307 e. The molecule has 0 bridgehead atoms. The van der Waals surface area contributed by atoms with Crippen LogP contribution in [0.2, 0.25) is 0 Å². The fourth-order valence-electron chi connectivity index (χ4n) is 2.45. The third kappa shape index (κ3) is 3.56. The highest BCUT2D eigenvalue weighted by molar-refractivity contribution is 9.10. The summed E-state index contributed by atoms with van der Waals surface area (Å²) in [4.78, 5) is 29.8. The van der Waals surface area contributed by atoms with Gasteiger partial charge >= 0.3 is 5.97 Å². The van der Waals surface area contributed by atoms with Crippen molar-refractivity contribution in [3.63, 3.8) is 0 Å². The van der Waals surface area contributed by atoms with Crippen LogP contribution in [0.1, 0.15) is 36.0 Å². The third-order valence-corrected chi connectivity index (χ3v) is 3.90. The molecule has 0 spiro atoms. The van der Waals surface area contributed by atoms with Crippen molar-refractivity contribution >= 4 is 27.8 Å². The topological polar surface area (TPSA) is 59.5 Å². The number of methoxy groups -OCH3 is 1. The van der Waals surface area contributed by atoms with Crippen molar-refractivity contribution in [2.45, 2.75) is 31.7 Å². The molecule has 0 radical (unpaired) electrons. The number of ether oxygens (including phenoxy) is 1. The molecule has 1 aromatic heterocycles. The summed E-state index contributed by atoms with van der Waals surface area (Å²) in [6, 6.07) is 1.67. The first-order valence-corrected chi connectivity index (χ1v) is 7.39. The number of piperidine rings is 1. The molecule has 1 atom stereocenters. The van der Waals surface area contributed by atoms with E-state index in [0.29, 0.717) is 12.1 Å². The highest BCUT2D eigenvalue weighted by atomic mass is 79.9. The third-order valence-electron chi connectivity index (χ3n) is 3.47. The van der Waals surface area contributed by atoms with E-state index in [4.69, 9.17) is 4.74 Å². The molecule has 108 valence electrons. The molecule has 0 aromatic carbocycles. The molecule has 2 heterocycles. The average molecular weight is 341 g/mol. The van der Waals surface area contributed by atoms with Gasteiger partial charge in [0.1, 0.15) is 0 Å². The molecule has 6 heteroatoms. The number of rotatable bonds is 3. The molecule has 20 heavy (non-hydrogen) atoms. The normalized spacial score (nSPS) is 18.7. The van der Waals surface area contributed by atoms with Crippen LogP contribution in [0.25, 0.3) is 0 Å². The zero-order valence-electron chi connectivity index (χ0n) is 11.3. The number of hydrogen-bond acceptors (Lipinski definition) is 4. The molecule has 1 unspecified atom stereocenters. The van der Waals surface area contributed by atoms with Crippen molar-refractivity contribution in [2.24, 2.45) is 0 Å². The monoisotopic (exact) mass is 340 g/mol. The van der Waals surface area contributed by atoms with Crippen molar-refractivity contribution in [2.75, 3.05) is 13.7 Å². The van der Waals surface area contributed by atoms with Gasteiger partial charge < -0.3 is 9.64 Å². The van der Waals surface area contributed by atoms with E-state index in [1.807, 2.05) is 0 Å². The van der Waals surface area contributed by atoms with Gasteiger partial charge in [-0.1, -0.05) is 0 Å². The Balaban J connectivity index is 2.15. The predicted octanol–water partition coefficient (Wildman–Crippen LogP) is 2.40. The Morgan fingerprint density at radius 1 is 1.45 bits per heavy atom. The molecule has 1 saturated heterocycles. The summed E-state index contributed by atoms with van der Waals surface area (Å²) in [5.41, 5.74) is 0.538. The van der Waals surface area contributed by atoms with Crippen LogP contribution in [-0.2, 0) is 9.53 Å². The van der Waals surface area contributed by atoms with Crippen LogP contribution in [0.15, 0.2) is 22.9 Å². The van der Waals surface area contributed by atoms with E-state index >= 15 is 0 Å². The van der Waals surface area contributed by atoms with Gasteiger partial charge in [0.15, 0.2) is 0 Å². The highest BCUT2D eigenvalue weighted by Crippen LogP contribution is 2.23. The summed E-state index contributed by atoms with van der Waals surface area (Å²) in [6.07, 6.45) is 6.27. The quantitative estimate of drug-likeness (QED) is 0.792. The highest BCUT2D eigenvalue weighted by Gasteiger charge is 2.29. The van der Waals surface area contributed by atoms with Gasteiger partial charge in [-0.05, 0) is 41.3 Å². The van der Waals surface area contributed by atoms with E-state index < -0.39 is 0 Å². The number of aromatic nitrogens is 1. The van der Waals surface area contributed by atoms with E-state index in [1.54, 1.807) is 23.4 Å². The molecular weight excluding hydrogens is 324 g/mol. The maximum absolute atomic E-state index is 12.5. The van der Waals surface area contributed by atoms with E-state index in [2.05, 4.69) is 20.9 Å². The Kier molecular flexibility index (Phi) is 5.11. The van der Waals surface area contributed by atoms with Crippen molar-refractivity contribution in [1.82, 2.24) is 9.88 Å². The first kappa shape index (κ1) is 15.0. The van der Waals surface area contributed by atoms with Gasteiger partial charge in [0.25, 0.3) is 5.91 Å².